The molecule has 0 radical (unpaired) electrons. The van der Waals surface area contributed by atoms with Crippen LogP contribution in [-0.4, -0.2) is 0 Å². The summed E-state index contributed by atoms with van der Waals surface area (Å²) in [6, 6.07) is 48.7. The Bertz CT molecular complexity index is 1270. The molecular weight excluding hydrogens is 384 g/mol. The summed E-state index contributed by atoms with van der Waals surface area (Å²) in [5.41, 5.74) is 10.3. The first-order valence-corrected chi connectivity index (χ1v) is 11.3. The Balaban J connectivity index is 1.70. The third-order valence-electron chi connectivity index (χ3n) is 6.85. The van der Waals surface area contributed by atoms with Gasteiger partial charge in [-0.1, -0.05) is 127 Å². The zero-order valence-corrected chi connectivity index (χ0v) is 17.9. The molecule has 0 bridgehead atoms. The largest absolute Gasteiger partial charge is 0.0701 e. The molecule has 32 heavy (non-hydrogen) atoms. The van der Waals surface area contributed by atoms with Crippen molar-refractivity contribution in [3.8, 4) is 11.1 Å². The molecule has 0 aliphatic heterocycles. The van der Waals surface area contributed by atoms with E-state index in [0.29, 0.717) is 0 Å². The van der Waals surface area contributed by atoms with Crippen LogP contribution in [0.3, 0.4) is 0 Å². The van der Waals surface area contributed by atoms with Crippen molar-refractivity contribution in [3.05, 3.63) is 167 Å². The Morgan fingerprint density at radius 2 is 0.844 bits per heavy atom. The van der Waals surface area contributed by atoms with E-state index in [2.05, 4.69) is 133 Å². The van der Waals surface area contributed by atoms with Gasteiger partial charge in [-0.2, -0.15) is 0 Å². The second kappa shape index (κ2) is 7.66. The summed E-state index contributed by atoms with van der Waals surface area (Å²) in [5.74, 6) is 0. The van der Waals surface area contributed by atoms with Crippen molar-refractivity contribution >= 4 is 0 Å². The zero-order valence-electron chi connectivity index (χ0n) is 17.9. The van der Waals surface area contributed by atoms with Gasteiger partial charge >= 0.3 is 0 Å². The predicted octanol–water partition coefficient (Wildman–Crippen LogP) is 7.64. The molecule has 0 heteroatoms. The van der Waals surface area contributed by atoms with Gasteiger partial charge in [-0.3, -0.25) is 0 Å². The Hall–Kier alpha value is -3.90. The van der Waals surface area contributed by atoms with Gasteiger partial charge in [0, 0.05) is 0 Å². The molecule has 0 heterocycles. The first kappa shape index (κ1) is 18.8. The minimum absolute atomic E-state index is 0.393. The van der Waals surface area contributed by atoms with Gasteiger partial charge in [0.1, 0.15) is 0 Å². The fourth-order valence-electron chi connectivity index (χ4n) is 5.42. The molecule has 0 atom stereocenters. The predicted molar refractivity (Wildman–Crippen MR) is 133 cm³/mol. The fourth-order valence-corrected chi connectivity index (χ4v) is 5.42. The van der Waals surface area contributed by atoms with Gasteiger partial charge in [-0.15, -0.1) is 0 Å². The third-order valence-corrected chi connectivity index (χ3v) is 6.85. The van der Waals surface area contributed by atoms with Crippen LogP contribution >= 0.6 is 0 Å². The van der Waals surface area contributed by atoms with Gasteiger partial charge in [0.25, 0.3) is 0 Å². The van der Waals surface area contributed by atoms with Gasteiger partial charge in [0.05, 0.1) is 5.41 Å². The van der Waals surface area contributed by atoms with E-state index >= 15 is 0 Å². The third kappa shape index (κ3) is 2.84. The second-order valence-electron chi connectivity index (χ2n) is 8.55. The first-order valence-electron chi connectivity index (χ1n) is 11.3. The highest BCUT2D eigenvalue weighted by molar-refractivity contribution is 5.78. The standard InChI is InChI=1S/C32H24/c1-4-13-26(14-5-1)32(27-15-6-2-7-16-27,28-17-8-3-9-18-28)29-21-20-25-22-24-12-10-11-19-30(24)31(25)23-29/h1-21,23H,22H2. The first-order chi connectivity index (χ1) is 15.9. The summed E-state index contributed by atoms with van der Waals surface area (Å²) < 4.78 is 0. The zero-order chi connectivity index (χ0) is 21.4. The fraction of sp³-hybridized carbons (Fsp3) is 0.0625. The van der Waals surface area contributed by atoms with Crippen LogP contribution in [-0.2, 0) is 11.8 Å². The molecule has 0 nitrogen and oxygen atoms in total. The number of benzene rings is 5. The molecule has 0 spiro atoms. The summed E-state index contributed by atoms with van der Waals surface area (Å²) in [4.78, 5) is 0. The number of hydrogen-bond donors (Lipinski definition) is 0. The van der Waals surface area contributed by atoms with Crippen LogP contribution in [0.5, 0.6) is 0 Å². The molecule has 152 valence electrons. The molecule has 0 aromatic heterocycles. The smallest absolute Gasteiger partial charge is 0.0622 e. The van der Waals surface area contributed by atoms with Crippen LogP contribution in [0.1, 0.15) is 33.4 Å². The minimum atomic E-state index is -0.393. The summed E-state index contributed by atoms with van der Waals surface area (Å²) >= 11 is 0. The van der Waals surface area contributed by atoms with Crippen LogP contribution in [0.2, 0.25) is 0 Å². The van der Waals surface area contributed by atoms with E-state index in [1.165, 1.54) is 44.5 Å². The molecule has 0 unspecified atom stereocenters. The van der Waals surface area contributed by atoms with E-state index in [4.69, 9.17) is 0 Å². The molecule has 1 aliphatic carbocycles. The van der Waals surface area contributed by atoms with Crippen molar-refractivity contribution in [2.24, 2.45) is 0 Å². The lowest BCUT2D eigenvalue weighted by Gasteiger charge is -2.37. The average molecular weight is 409 g/mol. The maximum Gasteiger partial charge on any atom is 0.0701 e. The van der Waals surface area contributed by atoms with E-state index in [0.717, 1.165) is 6.42 Å². The Labute approximate surface area is 189 Å². The monoisotopic (exact) mass is 408 g/mol. The van der Waals surface area contributed by atoms with E-state index in [9.17, 15) is 0 Å². The van der Waals surface area contributed by atoms with Crippen molar-refractivity contribution in [3.63, 3.8) is 0 Å². The lowest BCUT2D eigenvalue weighted by atomic mass is 9.65. The highest BCUT2D eigenvalue weighted by Gasteiger charge is 2.38. The number of fused-ring (bicyclic) bond motifs is 3. The van der Waals surface area contributed by atoms with Crippen molar-refractivity contribution < 1.29 is 0 Å². The molecular formula is C32H24. The van der Waals surface area contributed by atoms with Crippen LogP contribution in [0.4, 0.5) is 0 Å². The summed E-state index contributed by atoms with van der Waals surface area (Å²) in [6.07, 6.45) is 1.01. The van der Waals surface area contributed by atoms with E-state index < -0.39 is 5.41 Å². The van der Waals surface area contributed by atoms with Crippen molar-refractivity contribution in [1.29, 1.82) is 0 Å². The molecule has 0 saturated heterocycles. The quantitative estimate of drug-likeness (QED) is 0.263. The normalized spacial score (nSPS) is 12.2. The van der Waals surface area contributed by atoms with E-state index in [-0.39, 0.29) is 0 Å². The van der Waals surface area contributed by atoms with Gasteiger partial charge in [-0.25, -0.2) is 0 Å². The maximum atomic E-state index is 2.44. The van der Waals surface area contributed by atoms with Crippen LogP contribution < -0.4 is 0 Å². The molecule has 0 amide bonds. The number of rotatable bonds is 4. The molecule has 0 saturated carbocycles. The molecule has 6 rings (SSSR count). The van der Waals surface area contributed by atoms with Gasteiger partial charge in [-0.05, 0) is 57.0 Å². The van der Waals surface area contributed by atoms with Crippen molar-refractivity contribution in [1.82, 2.24) is 0 Å². The average Bonchev–Trinajstić information content (AvgIpc) is 3.25. The van der Waals surface area contributed by atoms with Crippen LogP contribution in [0.25, 0.3) is 11.1 Å². The van der Waals surface area contributed by atoms with E-state index in [1.807, 2.05) is 0 Å². The Kier molecular flexibility index (Phi) is 4.51. The summed E-state index contributed by atoms with van der Waals surface area (Å²) in [6.45, 7) is 0. The summed E-state index contributed by atoms with van der Waals surface area (Å²) in [5, 5.41) is 0. The lowest BCUT2D eigenvalue weighted by molar-refractivity contribution is 0.745. The van der Waals surface area contributed by atoms with Gasteiger partial charge in [0.2, 0.25) is 0 Å². The van der Waals surface area contributed by atoms with Crippen LogP contribution in [0.15, 0.2) is 133 Å². The van der Waals surface area contributed by atoms with Crippen molar-refractivity contribution in [2.45, 2.75) is 11.8 Å². The minimum Gasteiger partial charge on any atom is -0.0622 e. The molecule has 1 aliphatic rings. The topological polar surface area (TPSA) is 0 Å². The highest BCUT2D eigenvalue weighted by atomic mass is 14.4. The SMILES string of the molecule is c1ccc(C(c2ccccc2)(c2ccccc2)c2ccc3c(c2)-c2ccccc2C3)cc1. The van der Waals surface area contributed by atoms with Gasteiger partial charge < -0.3 is 0 Å². The van der Waals surface area contributed by atoms with E-state index in [1.54, 1.807) is 0 Å². The number of hydrogen-bond acceptors (Lipinski definition) is 0. The maximum absolute atomic E-state index is 2.44. The summed E-state index contributed by atoms with van der Waals surface area (Å²) in [7, 11) is 0. The Morgan fingerprint density at radius 1 is 0.375 bits per heavy atom. The molecule has 5 aromatic carbocycles. The molecule has 0 fully saturated rings. The van der Waals surface area contributed by atoms with Crippen molar-refractivity contribution in [2.75, 3.05) is 0 Å². The molecule has 5 aromatic rings. The second-order valence-corrected chi connectivity index (χ2v) is 8.55. The lowest BCUT2D eigenvalue weighted by Crippen LogP contribution is -2.31. The Morgan fingerprint density at radius 3 is 1.41 bits per heavy atom. The van der Waals surface area contributed by atoms with Crippen LogP contribution in [0, 0.1) is 0 Å². The van der Waals surface area contributed by atoms with Gasteiger partial charge in [0.15, 0.2) is 0 Å². The molecule has 0 N–H and O–H groups in total. The highest BCUT2D eigenvalue weighted by Crippen LogP contribution is 2.47.